The summed E-state index contributed by atoms with van der Waals surface area (Å²) in [5.41, 5.74) is 6.52. The number of nitrogen functional groups attached to an aromatic ring is 1. The van der Waals surface area contributed by atoms with Crippen LogP contribution in [0.2, 0.25) is 23.2 Å². The van der Waals surface area contributed by atoms with Gasteiger partial charge in [0.25, 0.3) is 0 Å². The van der Waals surface area contributed by atoms with E-state index in [0.717, 1.165) is 28.4 Å². The Morgan fingerprint density at radius 3 is 2.17 bits per heavy atom. The Morgan fingerprint density at radius 2 is 1.62 bits per heavy atom. The molecule has 1 aromatic heterocycles. The summed E-state index contributed by atoms with van der Waals surface area (Å²) >= 11 is 6.26. The molecule has 13 heteroatoms. The van der Waals surface area contributed by atoms with Gasteiger partial charge in [-0.3, -0.25) is 0 Å². The Morgan fingerprint density at radius 1 is 0.979 bits per heavy atom. The Hall–Kier alpha value is -3.48. The number of rotatable bonds is 13. The van der Waals surface area contributed by atoms with Crippen LogP contribution in [0.25, 0.3) is 10.9 Å². The summed E-state index contributed by atoms with van der Waals surface area (Å²) in [7, 11) is -0.638. The molecule has 0 saturated carbocycles. The van der Waals surface area contributed by atoms with Gasteiger partial charge in [-0.05, 0) is 89.5 Å². The van der Waals surface area contributed by atoms with Crippen LogP contribution in [0.15, 0.2) is 36.4 Å². The van der Waals surface area contributed by atoms with Crippen LogP contribution >= 0.6 is 11.6 Å². The largest absolute Gasteiger partial charge is 0.492 e. The van der Waals surface area contributed by atoms with Crippen LogP contribution < -0.4 is 15.2 Å². The summed E-state index contributed by atoms with van der Waals surface area (Å²) in [5.74, 6) is 0.759. The van der Waals surface area contributed by atoms with Crippen molar-refractivity contribution in [2.24, 2.45) is 0 Å². The Kier molecular flexibility index (Phi) is 12.6. The highest BCUT2D eigenvalue weighted by molar-refractivity contribution is 6.73. The number of benzene rings is 2. The predicted octanol–water partition coefficient (Wildman–Crippen LogP) is 8.44. The number of ether oxygens (including phenoxy) is 4. The van der Waals surface area contributed by atoms with E-state index in [0.29, 0.717) is 27.4 Å². The average Bonchev–Trinajstić information content (AvgIpc) is 3.36. The van der Waals surface area contributed by atoms with Gasteiger partial charge in [-0.15, -0.1) is 5.10 Å². The van der Waals surface area contributed by atoms with E-state index in [1.807, 2.05) is 32.9 Å². The third-order valence-electron chi connectivity index (χ3n) is 7.76. The highest BCUT2D eigenvalue weighted by Gasteiger charge is 2.35. The van der Waals surface area contributed by atoms with Crippen LogP contribution in [0.5, 0.6) is 11.6 Å². The van der Waals surface area contributed by atoms with Crippen molar-refractivity contribution in [1.29, 1.82) is 0 Å². The molecule has 1 amide bonds. The van der Waals surface area contributed by atoms with Crippen molar-refractivity contribution in [2.45, 2.75) is 97.8 Å². The van der Waals surface area contributed by atoms with Crippen LogP contribution in [0.3, 0.4) is 0 Å². The summed E-state index contributed by atoms with van der Waals surface area (Å²) < 4.78 is 31.0. The van der Waals surface area contributed by atoms with Crippen LogP contribution in [-0.4, -0.2) is 73.2 Å². The van der Waals surface area contributed by atoms with E-state index in [1.165, 1.54) is 7.11 Å². The van der Waals surface area contributed by atoms with Gasteiger partial charge in [-0.2, -0.15) is 4.68 Å². The Labute approximate surface area is 284 Å². The first kappa shape index (κ1) is 38.0. The van der Waals surface area contributed by atoms with Crippen LogP contribution in [0.1, 0.15) is 74.0 Å². The first-order valence-electron chi connectivity index (χ1n) is 16.1. The first-order chi connectivity index (χ1) is 21.9. The lowest BCUT2D eigenvalue weighted by atomic mass is 10.1. The van der Waals surface area contributed by atoms with E-state index < -0.39 is 37.8 Å². The van der Waals surface area contributed by atoms with Crippen molar-refractivity contribution >= 4 is 48.7 Å². The van der Waals surface area contributed by atoms with E-state index in [1.54, 1.807) is 49.9 Å². The molecule has 3 rings (SSSR count). The lowest BCUT2D eigenvalue weighted by Crippen LogP contribution is -2.45. The van der Waals surface area contributed by atoms with Crippen molar-refractivity contribution in [3.63, 3.8) is 0 Å². The molecule has 2 aromatic carbocycles. The third kappa shape index (κ3) is 10.3. The predicted molar refractivity (Wildman–Crippen MR) is 188 cm³/mol. The molecular formula is C34H51ClN4O7Si. The Balaban J connectivity index is 1.91. The third-order valence-corrected chi connectivity index (χ3v) is 12.8. The number of carbonyl (C=O) groups is 2. The maximum Gasteiger partial charge on any atom is 0.435 e. The van der Waals surface area contributed by atoms with Crippen LogP contribution in [-0.2, 0) is 13.9 Å². The number of fused-ring (bicyclic) bond motifs is 1. The summed E-state index contributed by atoms with van der Waals surface area (Å²) in [6, 6.07) is 13.5. The van der Waals surface area contributed by atoms with E-state index in [4.69, 9.17) is 40.7 Å². The number of aromatic nitrogens is 2. The highest BCUT2D eigenvalue weighted by atomic mass is 35.5. The van der Waals surface area contributed by atoms with E-state index >= 15 is 0 Å². The number of halogens is 1. The van der Waals surface area contributed by atoms with Gasteiger partial charge in [-0.25, -0.2) is 9.59 Å². The Bertz CT molecular complexity index is 1520. The zero-order valence-corrected chi connectivity index (χ0v) is 31.2. The van der Waals surface area contributed by atoms with Gasteiger partial charge in [0.1, 0.15) is 23.6 Å². The first-order valence-corrected chi connectivity index (χ1v) is 19.0. The van der Waals surface area contributed by atoms with Gasteiger partial charge in [0.2, 0.25) is 5.88 Å². The molecule has 11 nitrogen and oxygen atoms in total. The standard InChI is InChI=1S/C34H51ClN4O7Si/c1-11-47(12-2,13-3)46-29(23-14-17-26(35)27(36)20-23)22-38(31(40)44-33(4,5)6)18-19-43-24-15-16-25-28(21-24)39(37-30(25)42-10)32(41)45-34(7,8)9/h14-17,20-21,29H,11-13,18-19,22,36H2,1-10H3/t29-/m0/s1. The zero-order chi connectivity index (χ0) is 35.2. The smallest absolute Gasteiger partial charge is 0.435 e. The van der Waals surface area contributed by atoms with Gasteiger partial charge in [-0.1, -0.05) is 38.4 Å². The summed E-state index contributed by atoms with van der Waals surface area (Å²) in [6.45, 7) is 17.9. The molecule has 0 saturated heterocycles. The molecule has 260 valence electrons. The minimum Gasteiger partial charge on any atom is -0.492 e. The summed E-state index contributed by atoms with van der Waals surface area (Å²) in [6.07, 6.45) is -1.59. The number of hydrogen-bond donors (Lipinski definition) is 1. The second-order valence-electron chi connectivity index (χ2n) is 13.5. The lowest BCUT2D eigenvalue weighted by molar-refractivity contribution is 0.0131. The fourth-order valence-electron chi connectivity index (χ4n) is 5.08. The maximum absolute atomic E-state index is 13.6. The lowest BCUT2D eigenvalue weighted by Gasteiger charge is -2.36. The van der Waals surface area contributed by atoms with Gasteiger partial charge in [0, 0.05) is 6.07 Å². The van der Waals surface area contributed by atoms with Gasteiger partial charge >= 0.3 is 12.2 Å². The number of amides is 1. The average molecular weight is 691 g/mol. The fraction of sp³-hybridized carbons (Fsp3) is 0.559. The number of anilines is 1. The van der Waals surface area contributed by atoms with Gasteiger partial charge in [0.05, 0.1) is 47.9 Å². The van der Waals surface area contributed by atoms with Crippen molar-refractivity contribution in [3.05, 3.63) is 47.0 Å². The van der Waals surface area contributed by atoms with Crippen molar-refractivity contribution in [1.82, 2.24) is 14.7 Å². The number of nitrogens with zero attached hydrogens (tertiary/aromatic N) is 3. The van der Waals surface area contributed by atoms with Crippen molar-refractivity contribution in [2.75, 3.05) is 32.5 Å². The molecule has 47 heavy (non-hydrogen) atoms. The molecule has 0 aliphatic carbocycles. The zero-order valence-electron chi connectivity index (χ0n) is 29.4. The molecule has 0 fully saturated rings. The summed E-state index contributed by atoms with van der Waals surface area (Å²) in [4.78, 5) is 28.1. The molecule has 0 bridgehead atoms. The molecule has 3 aromatic rings. The quantitative estimate of drug-likeness (QED) is 0.139. The molecule has 0 aliphatic heterocycles. The molecule has 2 N–H and O–H groups in total. The maximum atomic E-state index is 13.6. The summed E-state index contributed by atoms with van der Waals surface area (Å²) in [5, 5.41) is 5.37. The second kappa shape index (κ2) is 15.6. The van der Waals surface area contributed by atoms with E-state index in [2.05, 4.69) is 25.9 Å². The van der Waals surface area contributed by atoms with E-state index in [-0.39, 0.29) is 25.6 Å². The topological polar surface area (TPSA) is 127 Å². The second-order valence-corrected chi connectivity index (χ2v) is 18.6. The number of nitrogens with two attached hydrogens (primary N) is 1. The molecule has 1 atom stereocenters. The molecule has 0 unspecified atom stereocenters. The van der Waals surface area contributed by atoms with Crippen LogP contribution in [0.4, 0.5) is 15.3 Å². The molecule has 0 radical (unpaired) electrons. The molecule has 0 spiro atoms. The van der Waals surface area contributed by atoms with Gasteiger partial charge < -0.3 is 34.0 Å². The monoisotopic (exact) mass is 690 g/mol. The molecular weight excluding hydrogens is 640 g/mol. The molecule has 0 aliphatic rings. The minimum atomic E-state index is -2.12. The van der Waals surface area contributed by atoms with Crippen molar-refractivity contribution in [3.8, 4) is 11.6 Å². The van der Waals surface area contributed by atoms with E-state index in [9.17, 15) is 9.59 Å². The van der Waals surface area contributed by atoms with Crippen molar-refractivity contribution < 1.29 is 33.0 Å². The fourth-order valence-corrected chi connectivity index (χ4v) is 8.02. The number of methoxy groups -OCH3 is 1. The van der Waals surface area contributed by atoms with Gasteiger partial charge in [0.15, 0.2) is 8.32 Å². The highest BCUT2D eigenvalue weighted by Crippen LogP contribution is 2.33. The van der Waals surface area contributed by atoms with Crippen LogP contribution in [0, 0.1) is 0 Å². The normalized spacial score (nSPS) is 12.9. The number of hydrogen-bond acceptors (Lipinski definition) is 9. The number of carbonyl (C=O) groups excluding carboxylic acids is 2. The minimum absolute atomic E-state index is 0.135. The SMILES string of the molecule is CC[Si](CC)(CC)O[C@@H](CN(CCOc1ccc2c(OC)nn(C(=O)OC(C)(C)C)c2c1)C(=O)OC(C)(C)C)c1ccc(Cl)c(N)c1. The molecule has 1 heterocycles.